The number of ether oxygens (including phenoxy) is 3. The molecule has 0 aliphatic carbocycles. The lowest BCUT2D eigenvalue weighted by Crippen LogP contribution is -2.62. The van der Waals surface area contributed by atoms with Crippen molar-refractivity contribution in [3.8, 4) is 0 Å². The summed E-state index contributed by atoms with van der Waals surface area (Å²) in [5.74, 6) is -2.36. The van der Waals surface area contributed by atoms with Crippen LogP contribution in [0.5, 0.6) is 0 Å². The third kappa shape index (κ3) is 4.39. The van der Waals surface area contributed by atoms with Crippen LogP contribution in [0.3, 0.4) is 0 Å². The number of nitro groups is 1. The molecule has 1 aliphatic rings. The van der Waals surface area contributed by atoms with Crippen molar-refractivity contribution in [2.45, 2.75) is 31.7 Å². The third-order valence-electron chi connectivity index (χ3n) is 5.23. The van der Waals surface area contributed by atoms with E-state index in [0.29, 0.717) is 9.87 Å². The summed E-state index contributed by atoms with van der Waals surface area (Å²) >= 11 is 0. The second-order valence-electron chi connectivity index (χ2n) is 7.39. The van der Waals surface area contributed by atoms with E-state index in [4.69, 9.17) is 14.2 Å². The molecule has 0 saturated carbocycles. The summed E-state index contributed by atoms with van der Waals surface area (Å²) < 4.78 is 43.4. The van der Waals surface area contributed by atoms with Crippen LogP contribution in [-0.4, -0.2) is 54.6 Å². The minimum absolute atomic E-state index is 0.152. The molecule has 11 nitrogen and oxygen atoms in total. The first kappa shape index (κ1) is 25.3. The zero-order valence-corrected chi connectivity index (χ0v) is 19.6. The van der Waals surface area contributed by atoms with E-state index in [1.807, 2.05) is 0 Å². The fourth-order valence-electron chi connectivity index (χ4n) is 3.90. The predicted octanol–water partition coefficient (Wildman–Crippen LogP) is 2.49. The highest BCUT2D eigenvalue weighted by molar-refractivity contribution is 7.88. The van der Waals surface area contributed by atoms with Gasteiger partial charge in [0.2, 0.25) is 10.0 Å². The van der Waals surface area contributed by atoms with Crippen LogP contribution >= 0.6 is 0 Å². The van der Waals surface area contributed by atoms with Gasteiger partial charge in [0, 0.05) is 12.1 Å². The second-order valence-corrected chi connectivity index (χ2v) is 9.25. The number of rotatable bonds is 8. The van der Waals surface area contributed by atoms with E-state index in [9.17, 15) is 28.1 Å². The van der Waals surface area contributed by atoms with Crippen LogP contribution in [0.1, 0.15) is 37.3 Å². The van der Waals surface area contributed by atoms with Crippen LogP contribution in [0.25, 0.3) is 0 Å². The number of carbonyl (C=O) groups is 2. The molecular formula is C22H24N2O9S. The predicted molar refractivity (Wildman–Crippen MR) is 119 cm³/mol. The van der Waals surface area contributed by atoms with Gasteiger partial charge >= 0.3 is 11.9 Å². The van der Waals surface area contributed by atoms with Gasteiger partial charge in [-0.2, -0.15) is 0 Å². The van der Waals surface area contributed by atoms with Crippen LogP contribution in [0.2, 0.25) is 0 Å². The summed E-state index contributed by atoms with van der Waals surface area (Å²) in [6.45, 7) is 2.71. The van der Waals surface area contributed by atoms with E-state index in [1.165, 1.54) is 38.1 Å². The number of esters is 2. The van der Waals surface area contributed by atoms with E-state index in [0.717, 1.165) is 6.26 Å². The molecule has 12 heteroatoms. The minimum atomic E-state index is -4.30. The van der Waals surface area contributed by atoms with Crippen molar-refractivity contribution < 1.29 is 37.1 Å². The zero-order chi connectivity index (χ0) is 25.1. The normalized spacial score (nSPS) is 20.0. The van der Waals surface area contributed by atoms with Crippen LogP contribution in [-0.2, 0) is 33.8 Å². The van der Waals surface area contributed by atoms with Gasteiger partial charge in [-0.1, -0.05) is 30.3 Å². The fourth-order valence-corrected chi connectivity index (χ4v) is 5.19. The topological polar surface area (TPSA) is 142 Å². The Hall–Kier alpha value is -3.35. The maximum Gasteiger partial charge on any atom is 0.342 e. The molecule has 3 rings (SSSR count). The maximum atomic E-state index is 13.5. The second kappa shape index (κ2) is 9.87. The van der Waals surface area contributed by atoms with Crippen molar-refractivity contribution in [2.24, 2.45) is 0 Å². The quantitative estimate of drug-likeness (QED) is 0.235. The summed E-state index contributed by atoms with van der Waals surface area (Å²) in [5, 5.41) is 11.1. The summed E-state index contributed by atoms with van der Waals surface area (Å²) in [6, 6.07) is 13.1. The molecular weight excluding hydrogens is 468 g/mol. The number of sulfonamides is 1. The molecule has 2 atom stereocenters. The highest BCUT2D eigenvalue weighted by atomic mass is 32.2. The van der Waals surface area contributed by atoms with Crippen LogP contribution in [0, 0.1) is 10.1 Å². The van der Waals surface area contributed by atoms with Gasteiger partial charge in [-0.25, -0.2) is 18.0 Å². The number of carbonyl (C=O) groups excluding carboxylic acids is 2. The maximum absolute atomic E-state index is 13.5. The van der Waals surface area contributed by atoms with Gasteiger partial charge in [-0.15, -0.1) is 4.31 Å². The standard InChI is InChI=1S/C22H24N2O9S/c1-4-31-20(25)22(21(26)32-5-2)18(15-11-13-17(14-12-15)24(27)28)33-19(23(22)34(3,29)30)16-9-7-6-8-10-16/h6-14,18-19H,4-5H2,1-3H3/t18-,19+/m0/s1. The van der Waals surface area contributed by atoms with Crippen LogP contribution in [0.15, 0.2) is 54.6 Å². The third-order valence-corrected chi connectivity index (χ3v) is 6.42. The molecule has 0 amide bonds. The number of benzene rings is 2. The molecule has 34 heavy (non-hydrogen) atoms. The summed E-state index contributed by atoms with van der Waals surface area (Å²) in [6.07, 6.45) is -2.06. The minimum Gasteiger partial charge on any atom is -0.464 e. The molecule has 2 aromatic carbocycles. The van der Waals surface area contributed by atoms with E-state index >= 15 is 0 Å². The average Bonchev–Trinajstić information content (AvgIpc) is 3.18. The summed E-state index contributed by atoms with van der Waals surface area (Å²) in [7, 11) is -4.30. The fraction of sp³-hybridized carbons (Fsp3) is 0.364. The molecule has 0 unspecified atom stereocenters. The highest BCUT2D eigenvalue weighted by Gasteiger charge is 2.70. The lowest BCUT2D eigenvalue weighted by molar-refractivity contribution is -0.384. The van der Waals surface area contributed by atoms with Crippen molar-refractivity contribution >= 4 is 27.6 Å². The number of hydrogen-bond acceptors (Lipinski definition) is 9. The molecule has 182 valence electrons. The average molecular weight is 493 g/mol. The number of nitro benzene ring substituents is 1. The van der Waals surface area contributed by atoms with Gasteiger partial charge in [0.25, 0.3) is 11.2 Å². The largest absolute Gasteiger partial charge is 0.464 e. The summed E-state index contributed by atoms with van der Waals surface area (Å²) in [5.41, 5.74) is -2.30. The first-order valence-corrected chi connectivity index (χ1v) is 12.2. The Bertz CT molecular complexity index is 1150. The molecule has 0 aromatic heterocycles. The Labute approximate surface area is 196 Å². The monoisotopic (exact) mass is 492 g/mol. The van der Waals surface area contributed by atoms with E-state index in [1.54, 1.807) is 30.3 Å². The Morgan fingerprint density at radius 3 is 1.97 bits per heavy atom. The lowest BCUT2D eigenvalue weighted by atomic mass is 9.87. The van der Waals surface area contributed by atoms with Crippen molar-refractivity contribution in [2.75, 3.05) is 19.5 Å². The van der Waals surface area contributed by atoms with Crippen molar-refractivity contribution in [3.05, 3.63) is 75.8 Å². The van der Waals surface area contributed by atoms with Crippen LogP contribution in [0.4, 0.5) is 5.69 Å². The first-order chi connectivity index (χ1) is 16.1. The van der Waals surface area contributed by atoms with Gasteiger partial charge in [0.1, 0.15) is 6.10 Å². The Balaban J connectivity index is 2.34. The SMILES string of the molecule is CCOC(=O)C1(C(=O)OCC)[C@H](c2ccc([N+](=O)[O-])cc2)O[C@H](c2ccccc2)N1S(C)(=O)=O. The van der Waals surface area contributed by atoms with Gasteiger partial charge in [0.15, 0.2) is 6.23 Å². The molecule has 0 spiro atoms. The number of hydrogen-bond donors (Lipinski definition) is 0. The smallest absolute Gasteiger partial charge is 0.342 e. The van der Waals surface area contributed by atoms with E-state index < -0.39 is 44.8 Å². The molecule has 0 bridgehead atoms. The van der Waals surface area contributed by atoms with Gasteiger partial charge in [-0.05, 0) is 37.1 Å². The van der Waals surface area contributed by atoms with Crippen molar-refractivity contribution in [1.82, 2.24) is 4.31 Å². The van der Waals surface area contributed by atoms with Gasteiger partial charge in [0.05, 0.1) is 24.4 Å². The Morgan fingerprint density at radius 1 is 1.00 bits per heavy atom. The van der Waals surface area contributed by atoms with E-state index in [-0.39, 0.29) is 24.5 Å². The van der Waals surface area contributed by atoms with Crippen molar-refractivity contribution in [1.29, 1.82) is 0 Å². The van der Waals surface area contributed by atoms with Crippen LogP contribution < -0.4 is 0 Å². The number of non-ortho nitro benzene ring substituents is 1. The molecule has 0 N–H and O–H groups in total. The summed E-state index contributed by atoms with van der Waals surface area (Å²) in [4.78, 5) is 37.4. The lowest BCUT2D eigenvalue weighted by Gasteiger charge is -2.35. The molecule has 2 aromatic rings. The number of nitrogens with zero attached hydrogens (tertiary/aromatic N) is 2. The molecule has 1 saturated heterocycles. The molecule has 0 radical (unpaired) electrons. The highest BCUT2D eigenvalue weighted by Crippen LogP contribution is 2.52. The molecule has 1 heterocycles. The first-order valence-electron chi connectivity index (χ1n) is 10.4. The Morgan fingerprint density at radius 2 is 1.53 bits per heavy atom. The van der Waals surface area contributed by atoms with E-state index in [2.05, 4.69) is 0 Å². The van der Waals surface area contributed by atoms with Crippen molar-refractivity contribution in [3.63, 3.8) is 0 Å². The molecule has 1 fully saturated rings. The van der Waals surface area contributed by atoms with Gasteiger partial charge < -0.3 is 14.2 Å². The Kier molecular flexibility index (Phi) is 7.34. The zero-order valence-electron chi connectivity index (χ0n) is 18.7. The molecule has 1 aliphatic heterocycles. The van der Waals surface area contributed by atoms with Gasteiger partial charge in [-0.3, -0.25) is 10.1 Å².